The van der Waals surface area contributed by atoms with Crippen LogP contribution in [0.15, 0.2) is 24.3 Å². The number of rotatable bonds is 8. The van der Waals surface area contributed by atoms with Gasteiger partial charge in [0.1, 0.15) is 11.5 Å². The summed E-state index contributed by atoms with van der Waals surface area (Å²) in [6, 6.07) is 6.93. The van der Waals surface area contributed by atoms with E-state index in [-0.39, 0.29) is 31.5 Å². The summed E-state index contributed by atoms with van der Waals surface area (Å²) in [6.07, 6.45) is 1.23. The fourth-order valence-corrected chi connectivity index (χ4v) is 2.85. The Balaban J connectivity index is 1.79. The van der Waals surface area contributed by atoms with E-state index in [9.17, 15) is 14.4 Å². The number of piperidine rings is 1. The highest BCUT2D eigenvalue weighted by Crippen LogP contribution is 2.18. The first-order chi connectivity index (χ1) is 12.9. The number of likely N-dealkylation sites (N-methyl/N-ethyl adjacent to an activating group) is 1. The molecule has 1 saturated heterocycles. The molecule has 1 heterocycles. The van der Waals surface area contributed by atoms with Crippen LogP contribution in [0, 0.1) is 5.92 Å². The van der Waals surface area contributed by atoms with Crippen molar-refractivity contribution < 1.29 is 29.0 Å². The molecule has 1 atom stereocenters. The molecule has 1 aromatic rings. The molecule has 1 aromatic carbocycles. The summed E-state index contributed by atoms with van der Waals surface area (Å²) in [4.78, 5) is 38.4. The lowest BCUT2D eigenvalue weighted by Crippen LogP contribution is -2.47. The molecule has 0 aliphatic carbocycles. The normalized spacial score (nSPS) is 16.5. The van der Waals surface area contributed by atoms with Crippen molar-refractivity contribution in [3.63, 3.8) is 0 Å². The second-order valence-corrected chi connectivity index (χ2v) is 6.46. The van der Waals surface area contributed by atoms with E-state index in [4.69, 9.17) is 14.6 Å². The maximum absolute atomic E-state index is 12.3. The second kappa shape index (κ2) is 9.80. The summed E-state index contributed by atoms with van der Waals surface area (Å²) in [5.74, 6) is -0.749. The van der Waals surface area contributed by atoms with Gasteiger partial charge < -0.3 is 24.4 Å². The Labute approximate surface area is 158 Å². The molecule has 27 heavy (non-hydrogen) atoms. The van der Waals surface area contributed by atoms with Crippen molar-refractivity contribution in [2.45, 2.75) is 19.8 Å². The van der Waals surface area contributed by atoms with E-state index in [1.165, 1.54) is 16.8 Å². The van der Waals surface area contributed by atoms with Gasteiger partial charge in [-0.05, 0) is 44.0 Å². The minimum Gasteiger partial charge on any atom is -0.494 e. The number of benzene rings is 1. The number of carboxylic acids is 1. The molecule has 0 spiro atoms. The smallest absolute Gasteiger partial charge is 0.308 e. The summed E-state index contributed by atoms with van der Waals surface area (Å²) in [5, 5.41) is 9.11. The molecule has 2 amide bonds. The average molecular weight is 378 g/mol. The standard InChI is InChI=1S/C19H26N2O6/c1-3-26-15-6-8-16(9-7-15)27-13-18(23)20(2)12-17(22)21-10-4-5-14(11-21)19(24)25/h6-9,14H,3-5,10-13H2,1-2H3,(H,24,25). The summed E-state index contributed by atoms with van der Waals surface area (Å²) in [7, 11) is 1.53. The van der Waals surface area contributed by atoms with Crippen LogP contribution < -0.4 is 9.47 Å². The van der Waals surface area contributed by atoms with E-state index < -0.39 is 11.9 Å². The molecular weight excluding hydrogens is 352 g/mol. The monoisotopic (exact) mass is 378 g/mol. The van der Waals surface area contributed by atoms with Crippen LogP contribution in [-0.4, -0.2) is 72.6 Å². The number of carboxylic acid groups (broad SMARTS) is 1. The first-order valence-corrected chi connectivity index (χ1v) is 9.01. The van der Waals surface area contributed by atoms with E-state index in [0.717, 1.165) is 5.75 Å². The Hall–Kier alpha value is -2.77. The number of carbonyl (C=O) groups excluding carboxylic acids is 2. The summed E-state index contributed by atoms with van der Waals surface area (Å²) in [5.41, 5.74) is 0. The van der Waals surface area contributed by atoms with Crippen molar-refractivity contribution in [3.05, 3.63) is 24.3 Å². The molecule has 2 rings (SSSR count). The summed E-state index contributed by atoms with van der Waals surface area (Å²) < 4.78 is 10.8. The number of likely N-dealkylation sites (tertiary alicyclic amines) is 1. The van der Waals surface area contributed by atoms with Crippen LogP contribution in [0.3, 0.4) is 0 Å². The lowest BCUT2D eigenvalue weighted by atomic mass is 9.98. The quantitative estimate of drug-likeness (QED) is 0.731. The molecule has 1 aliphatic rings. The van der Waals surface area contributed by atoms with E-state index in [1.807, 2.05) is 6.92 Å². The molecule has 1 unspecified atom stereocenters. The number of hydrogen-bond acceptors (Lipinski definition) is 5. The summed E-state index contributed by atoms with van der Waals surface area (Å²) in [6.45, 7) is 2.90. The molecule has 0 saturated carbocycles. The highest BCUT2D eigenvalue weighted by Gasteiger charge is 2.29. The van der Waals surface area contributed by atoms with Crippen LogP contribution in [0.2, 0.25) is 0 Å². The Morgan fingerprint density at radius 2 is 1.81 bits per heavy atom. The van der Waals surface area contributed by atoms with Gasteiger partial charge in [0.2, 0.25) is 5.91 Å². The van der Waals surface area contributed by atoms with Gasteiger partial charge in [0.25, 0.3) is 5.91 Å². The van der Waals surface area contributed by atoms with Crippen LogP contribution in [0.25, 0.3) is 0 Å². The maximum Gasteiger partial charge on any atom is 0.308 e. The Bertz CT molecular complexity index is 661. The van der Waals surface area contributed by atoms with Gasteiger partial charge in [0.05, 0.1) is 19.1 Å². The zero-order valence-electron chi connectivity index (χ0n) is 15.7. The third-order valence-electron chi connectivity index (χ3n) is 4.42. The molecule has 0 radical (unpaired) electrons. The lowest BCUT2D eigenvalue weighted by molar-refractivity contribution is -0.147. The lowest BCUT2D eigenvalue weighted by Gasteiger charge is -2.32. The molecule has 0 bridgehead atoms. The van der Waals surface area contributed by atoms with Crippen molar-refractivity contribution in [2.24, 2.45) is 5.92 Å². The van der Waals surface area contributed by atoms with Gasteiger partial charge >= 0.3 is 5.97 Å². The Morgan fingerprint density at radius 3 is 2.41 bits per heavy atom. The third kappa shape index (κ3) is 6.16. The van der Waals surface area contributed by atoms with Crippen molar-refractivity contribution >= 4 is 17.8 Å². The maximum atomic E-state index is 12.3. The van der Waals surface area contributed by atoms with E-state index in [0.29, 0.717) is 31.7 Å². The molecule has 1 N–H and O–H groups in total. The minimum absolute atomic E-state index is 0.0994. The summed E-state index contributed by atoms with van der Waals surface area (Å²) >= 11 is 0. The molecule has 8 nitrogen and oxygen atoms in total. The fourth-order valence-electron chi connectivity index (χ4n) is 2.85. The first-order valence-electron chi connectivity index (χ1n) is 9.01. The van der Waals surface area contributed by atoms with Crippen LogP contribution in [0.1, 0.15) is 19.8 Å². The number of ether oxygens (including phenoxy) is 2. The van der Waals surface area contributed by atoms with Crippen molar-refractivity contribution in [3.8, 4) is 11.5 Å². The third-order valence-corrected chi connectivity index (χ3v) is 4.42. The highest BCUT2D eigenvalue weighted by molar-refractivity contribution is 5.85. The number of carbonyl (C=O) groups is 3. The van der Waals surface area contributed by atoms with Crippen LogP contribution in [-0.2, 0) is 14.4 Å². The van der Waals surface area contributed by atoms with E-state index in [1.54, 1.807) is 24.3 Å². The zero-order chi connectivity index (χ0) is 19.8. The Kier molecular flexibility index (Phi) is 7.45. The van der Waals surface area contributed by atoms with Gasteiger partial charge in [-0.15, -0.1) is 0 Å². The number of aliphatic carboxylic acids is 1. The van der Waals surface area contributed by atoms with Crippen LogP contribution in [0.5, 0.6) is 11.5 Å². The molecule has 8 heteroatoms. The molecule has 148 valence electrons. The van der Waals surface area contributed by atoms with Crippen molar-refractivity contribution in [1.29, 1.82) is 0 Å². The highest BCUT2D eigenvalue weighted by atomic mass is 16.5. The molecular formula is C19H26N2O6. The van der Waals surface area contributed by atoms with Gasteiger partial charge in [0.15, 0.2) is 6.61 Å². The first kappa shape index (κ1) is 20.5. The molecule has 1 fully saturated rings. The average Bonchev–Trinajstić information content (AvgIpc) is 2.67. The Morgan fingerprint density at radius 1 is 1.19 bits per heavy atom. The van der Waals surface area contributed by atoms with Gasteiger partial charge in [-0.25, -0.2) is 0 Å². The molecule has 1 aliphatic heterocycles. The van der Waals surface area contributed by atoms with Gasteiger partial charge in [-0.3, -0.25) is 14.4 Å². The number of amides is 2. The number of hydrogen-bond donors (Lipinski definition) is 1. The SMILES string of the molecule is CCOc1ccc(OCC(=O)N(C)CC(=O)N2CCCC(C(=O)O)C2)cc1. The zero-order valence-corrected chi connectivity index (χ0v) is 15.7. The minimum atomic E-state index is -0.888. The van der Waals surface area contributed by atoms with Crippen LogP contribution >= 0.6 is 0 Å². The van der Waals surface area contributed by atoms with Crippen molar-refractivity contribution in [2.75, 3.05) is 39.9 Å². The van der Waals surface area contributed by atoms with Gasteiger partial charge in [-0.2, -0.15) is 0 Å². The second-order valence-electron chi connectivity index (χ2n) is 6.46. The molecule has 0 aromatic heterocycles. The van der Waals surface area contributed by atoms with E-state index >= 15 is 0 Å². The van der Waals surface area contributed by atoms with E-state index in [2.05, 4.69) is 0 Å². The fraction of sp³-hybridized carbons (Fsp3) is 0.526. The predicted octanol–water partition coefficient (Wildman–Crippen LogP) is 1.25. The van der Waals surface area contributed by atoms with Gasteiger partial charge in [-0.1, -0.05) is 0 Å². The largest absolute Gasteiger partial charge is 0.494 e. The van der Waals surface area contributed by atoms with Gasteiger partial charge in [0, 0.05) is 20.1 Å². The predicted molar refractivity (Wildman–Crippen MR) is 97.7 cm³/mol. The van der Waals surface area contributed by atoms with Crippen molar-refractivity contribution in [1.82, 2.24) is 9.80 Å². The topological polar surface area (TPSA) is 96.4 Å². The number of nitrogens with zero attached hydrogens (tertiary/aromatic N) is 2. The van der Waals surface area contributed by atoms with Crippen LogP contribution in [0.4, 0.5) is 0 Å².